The Balaban J connectivity index is 3.04. The molecule has 0 amide bonds. The minimum Gasteiger partial charge on any atom is -0.365 e. The number of pyridine rings is 1. The number of oxime groups is 1. The van der Waals surface area contributed by atoms with Gasteiger partial charge in [-0.25, -0.2) is 4.79 Å². The summed E-state index contributed by atoms with van der Waals surface area (Å²) in [7, 11) is -3.07. The highest BCUT2D eigenvalue weighted by molar-refractivity contribution is 7.99. The Morgan fingerprint density at radius 3 is 2.52 bits per heavy atom. The van der Waals surface area contributed by atoms with Crippen molar-refractivity contribution in [3.8, 4) is 0 Å². The van der Waals surface area contributed by atoms with E-state index in [0.29, 0.717) is 5.56 Å². The van der Waals surface area contributed by atoms with Crippen LogP contribution in [0.2, 0.25) is 0 Å². The molecule has 0 aliphatic carbocycles. The van der Waals surface area contributed by atoms with Gasteiger partial charge in [-0.1, -0.05) is 16.2 Å². The molecule has 11 heteroatoms. The number of carbonyl (C=O) groups is 1. The van der Waals surface area contributed by atoms with E-state index in [1.54, 1.807) is 6.92 Å². The molecule has 0 radical (unpaired) electrons. The van der Waals surface area contributed by atoms with E-state index in [9.17, 15) is 22.5 Å². The number of nitrogens with zero attached hydrogens (tertiary/aromatic N) is 3. The third-order valence-corrected chi connectivity index (χ3v) is 5.24. The lowest BCUT2D eigenvalue weighted by Gasteiger charge is -2.26. The van der Waals surface area contributed by atoms with Crippen molar-refractivity contribution in [2.75, 3.05) is 6.26 Å². The van der Waals surface area contributed by atoms with Gasteiger partial charge in [0.2, 0.25) is 0 Å². The summed E-state index contributed by atoms with van der Waals surface area (Å²) in [6, 6.07) is 2.03. The molecule has 0 aromatic carbocycles. The van der Waals surface area contributed by atoms with Gasteiger partial charge in [-0.3, -0.25) is 4.98 Å². The van der Waals surface area contributed by atoms with Crippen LogP contribution in [0.25, 0.3) is 0 Å². The Morgan fingerprint density at radius 2 is 2.09 bits per heavy atom. The summed E-state index contributed by atoms with van der Waals surface area (Å²) in [5, 5.41) is 2.58. The lowest BCUT2D eigenvalue weighted by molar-refractivity contribution is -0.141. The Morgan fingerprint density at radius 1 is 1.48 bits per heavy atom. The smallest absolute Gasteiger partial charge is 0.365 e. The van der Waals surface area contributed by atoms with Crippen LogP contribution in [0.5, 0.6) is 0 Å². The molecule has 7 nitrogen and oxygen atoms in total. The number of carbonyl (C=O) groups excluding carboxylic acids is 1. The molecule has 0 fully saturated rings. The second-order valence-electron chi connectivity index (χ2n) is 4.76. The van der Waals surface area contributed by atoms with E-state index in [1.165, 1.54) is 12.3 Å². The number of nitrogens with two attached hydrogens (primary N) is 1. The first-order chi connectivity index (χ1) is 10.4. The van der Waals surface area contributed by atoms with Gasteiger partial charge in [0.1, 0.15) is 5.69 Å². The summed E-state index contributed by atoms with van der Waals surface area (Å²) >= 11 is 0. The molecular weight excluding hydrogens is 337 g/mol. The molecule has 23 heavy (non-hydrogen) atoms. The van der Waals surface area contributed by atoms with E-state index in [-0.39, 0.29) is 0 Å². The average Bonchev–Trinajstić information content (AvgIpc) is 2.43. The van der Waals surface area contributed by atoms with E-state index >= 15 is 0 Å². The molecule has 0 saturated heterocycles. The van der Waals surface area contributed by atoms with Crippen LogP contribution in [-0.4, -0.2) is 27.7 Å². The monoisotopic (exact) mass is 354 g/mol. The molecule has 1 heterocycles. The number of guanidine groups is 1. The fourth-order valence-corrected chi connectivity index (χ4v) is 2.87. The molecule has 0 spiro atoms. The van der Waals surface area contributed by atoms with Crippen molar-refractivity contribution in [3.63, 3.8) is 0 Å². The fraction of sp³-hybridized carbons (Fsp3) is 0.417. The van der Waals surface area contributed by atoms with Crippen molar-refractivity contribution in [2.45, 2.75) is 25.3 Å². The van der Waals surface area contributed by atoms with Crippen LogP contribution in [0.1, 0.15) is 30.4 Å². The van der Waals surface area contributed by atoms with E-state index in [2.05, 4.69) is 19.3 Å². The summed E-state index contributed by atoms with van der Waals surface area (Å²) in [4.78, 5) is 18.2. The molecular formula is C12H17F3N4O3S. The average molecular weight is 354 g/mol. The maximum atomic E-state index is 12.5. The van der Waals surface area contributed by atoms with E-state index in [0.717, 1.165) is 19.2 Å². The summed E-state index contributed by atoms with van der Waals surface area (Å²) in [6.45, 7) is 2.68. The number of rotatable bonds is 3. The predicted molar refractivity (Wildman–Crippen MR) is 80.8 cm³/mol. The highest BCUT2D eigenvalue weighted by Crippen LogP contribution is 2.30. The highest BCUT2D eigenvalue weighted by Gasteiger charge is 2.32. The molecule has 3 N–H and O–H groups in total. The van der Waals surface area contributed by atoms with Gasteiger partial charge in [-0.05, 0) is 30.0 Å². The molecule has 0 aliphatic rings. The van der Waals surface area contributed by atoms with Gasteiger partial charge in [-0.15, -0.1) is 0 Å². The van der Waals surface area contributed by atoms with Crippen LogP contribution in [0.3, 0.4) is 0 Å². The van der Waals surface area contributed by atoms with Crippen LogP contribution < -0.4 is 5.73 Å². The molecule has 1 aromatic heterocycles. The first-order valence-corrected chi connectivity index (χ1v) is 8.51. The van der Waals surface area contributed by atoms with Gasteiger partial charge >= 0.3 is 12.1 Å². The van der Waals surface area contributed by atoms with Gasteiger partial charge in [0.25, 0.3) is 5.96 Å². The van der Waals surface area contributed by atoms with Gasteiger partial charge in [0.05, 0.1) is 0 Å². The van der Waals surface area contributed by atoms with Gasteiger partial charge in [0, 0.05) is 18.4 Å². The van der Waals surface area contributed by atoms with Crippen LogP contribution in [0.15, 0.2) is 27.8 Å². The molecule has 1 unspecified atom stereocenters. The first kappa shape index (κ1) is 19.0. The summed E-state index contributed by atoms with van der Waals surface area (Å²) in [5.41, 5.74) is 4.75. The number of hydrogen-bond donors (Lipinski definition) is 3. The van der Waals surface area contributed by atoms with E-state index in [4.69, 9.17) is 5.73 Å². The fourth-order valence-electron chi connectivity index (χ4n) is 1.53. The zero-order chi connectivity index (χ0) is 17.8. The van der Waals surface area contributed by atoms with Crippen LogP contribution in [0.4, 0.5) is 13.2 Å². The van der Waals surface area contributed by atoms with Crippen molar-refractivity contribution in [2.24, 2.45) is 15.3 Å². The minimum atomic E-state index is -4.54. The number of alkyl halides is 3. The third kappa shape index (κ3) is 5.60. The molecule has 1 rings (SSSR count). The summed E-state index contributed by atoms with van der Waals surface area (Å²) in [6.07, 6.45) is -2.12. The normalized spacial score (nSPS) is 15.0. The molecule has 0 aliphatic heterocycles. The van der Waals surface area contributed by atoms with Gasteiger partial charge in [-0.2, -0.15) is 17.5 Å². The van der Waals surface area contributed by atoms with E-state index < -0.39 is 39.2 Å². The van der Waals surface area contributed by atoms with Crippen molar-refractivity contribution in [3.05, 3.63) is 29.6 Å². The zero-order valence-electron chi connectivity index (χ0n) is 12.6. The number of halogens is 3. The van der Waals surface area contributed by atoms with E-state index in [1.807, 2.05) is 0 Å². The third-order valence-electron chi connectivity index (χ3n) is 2.87. The maximum Gasteiger partial charge on any atom is 0.433 e. The second kappa shape index (κ2) is 7.04. The molecule has 1 aromatic rings. The number of thiol groups is 1. The topological polar surface area (TPSA) is 110 Å². The van der Waals surface area contributed by atoms with Crippen molar-refractivity contribution in [1.82, 2.24) is 4.98 Å². The zero-order valence-corrected chi connectivity index (χ0v) is 13.5. The van der Waals surface area contributed by atoms with Crippen LogP contribution >= 0.6 is 0 Å². The number of aromatic nitrogens is 1. The largest absolute Gasteiger partial charge is 0.433 e. The molecule has 1 atom stereocenters. The standard InChI is InChI=1S/C12H17F3N4O3S/c1-7(9-4-5-10(17-6-9)12(13,14)15)23(3,21)19-11(16)18-22-8(2)20/h4-7,23H,1-3H3,(H3,16,18,19,21). The Bertz CT molecular complexity index is 653. The van der Waals surface area contributed by atoms with Gasteiger partial charge in [0.15, 0.2) is 0 Å². The first-order valence-electron chi connectivity index (χ1n) is 6.30. The van der Waals surface area contributed by atoms with Crippen molar-refractivity contribution < 1.29 is 27.4 Å². The van der Waals surface area contributed by atoms with Crippen LogP contribution in [-0.2, 0) is 25.9 Å². The lowest BCUT2D eigenvalue weighted by atomic mass is 10.2. The lowest BCUT2D eigenvalue weighted by Crippen LogP contribution is -2.22. The van der Waals surface area contributed by atoms with Crippen molar-refractivity contribution in [1.29, 1.82) is 0 Å². The quantitative estimate of drug-likeness (QED) is 0.253. The van der Waals surface area contributed by atoms with Crippen LogP contribution in [0, 0.1) is 0 Å². The Kier molecular flexibility index (Phi) is 5.83. The minimum absolute atomic E-state index is 0.361. The van der Waals surface area contributed by atoms with Crippen molar-refractivity contribution >= 4 is 22.0 Å². The predicted octanol–water partition coefficient (Wildman–Crippen LogP) is 2.13. The molecule has 0 bridgehead atoms. The Hall–Kier alpha value is -2.01. The SMILES string of the molecule is CC(=O)ON=C(N)N=[SH](C)(O)C(C)c1ccc(C(F)(F)F)nc1. The summed E-state index contributed by atoms with van der Waals surface area (Å²) in [5.74, 6) is -1.15. The summed E-state index contributed by atoms with van der Waals surface area (Å²) < 4.78 is 51.6. The number of hydrogen-bond acceptors (Lipinski definition) is 4. The maximum absolute atomic E-state index is 12.5. The molecule has 0 saturated carbocycles. The second-order valence-corrected chi connectivity index (χ2v) is 7.69. The molecule has 130 valence electrons. The van der Waals surface area contributed by atoms with Gasteiger partial charge < -0.3 is 15.1 Å². The highest BCUT2D eigenvalue weighted by atomic mass is 32.3. The Labute approximate surface area is 131 Å².